The molecule has 0 aliphatic heterocycles. The quantitative estimate of drug-likeness (QED) is 0.181. The number of rotatable bonds is 5. The lowest BCUT2D eigenvalue weighted by atomic mass is 9.78. The number of aromatic nitrogens is 2. The van der Waals surface area contributed by atoms with E-state index in [1.165, 1.54) is 60.5 Å². The van der Waals surface area contributed by atoms with Gasteiger partial charge in [-0.05, 0) is 72.6 Å². The highest BCUT2D eigenvalue weighted by Gasteiger charge is 2.41. The molecule has 0 unspecified atom stereocenters. The van der Waals surface area contributed by atoms with Crippen LogP contribution in [-0.2, 0) is 5.41 Å². The summed E-state index contributed by atoms with van der Waals surface area (Å²) in [5.74, 6) is 0.734. The summed E-state index contributed by atoms with van der Waals surface area (Å²) in [5.41, 5.74) is 14.7. The first-order chi connectivity index (χ1) is 26.0. The van der Waals surface area contributed by atoms with Gasteiger partial charge in [-0.25, -0.2) is 9.97 Å². The first-order valence-corrected chi connectivity index (χ1v) is 18.3. The molecule has 250 valence electrons. The predicted molar refractivity (Wildman–Crippen MR) is 222 cm³/mol. The average Bonchev–Trinajstić information content (AvgIpc) is 3.47. The van der Waals surface area contributed by atoms with Gasteiger partial charge in [-0.15, -0.1) is 0 Å². The zero-order valence-electron chi connectivity index (χ0n) is 29.7. The highest BCUT2D eigenvalue weighted by atomic mass is 14.9. The van der Waals surface area contributed by atoms with Crippen molar-refractivity contribution in [1.29, 1.82) is 0 Å². The minimum atomic E-state index is -0.308. The molecular formula is C51H36N2. The van der Waals surface area contributed by atoms with Crippen LogP contribution in [0.15, 0.2) is 182 Å². The molecule has 1 aromatic heterocycles. The molecule has 0 bridgehead atoms. The summed E-state index contributed by atoms with van der Waals surface area (Å²) in [6.45, 7) is 4.68. The smallest absolute Gasteiger partial charge is 0.160 e. The lowest BCUT2D eigenvalue weighted by molar-refractivity contribution is 0.663. The summed E-state index contributed by atoms with van der Waals surface area (Å²) in [4.78, 5) is 11.0. The van der Waals surface area contributed by atoms with Crippen LogP contribution in [0.25, 0.3) is 88.8 Å². The minimum Gasteiger partial charge on any atom is -0.228 e. The number of nitrogens with zero attached hydrogens (tertiary/aromatic N) is 2. The maximum absolute atomic E-state index is 5.52. The van der Waals surface area contributed by atoms with Gasteiger partial charge in [-0.3, -0.25) is 0 Å². The fourth-order valence-corrected chi connectivity index (χ4v) is 8.47. The highest BCUT2D eigenvalue weighted by Crippen LogP contribution is 2.54. The SMILES string of the molecule is CC1(C)c2c(nc(-c3cccc(-c4cccc(-c5ccc(-c6ccccc6)cc5)c4)c3)nc2-c2cccc3ccccc23)-c2ccc3ccccc3c21. The number of benzene rings is 8. The maximum Gasteiger partial charge on any atom is 0.160 e. The van der Waals surface area contributed by atoms with Crippen molar-refractivity contribution in [3.8, 4) is 67.3 Å². The summed E-state index contributed by atoms with van der Waals surface area (Å²) in [6, 6.07) is 65.3. The summed E-state index contributed by atoms with van der Waals surface area (Å²) in [6.07, 6.45) is 0. The van der Waals surface area contributed by atoms with Gasteiger partial charge in [-0.1, -0.05) is 184 Å². The molecule has 0 amide bonds. The van der Waals surface area contributed by atoms with Gasteiger partial charge in [0.25, 0.3) is 0 Å². The van der Waals surface area contributed by atoms with Gasteiger partial charge in [0.15, 0.2) is 5.82 Å². The van der Waals surface area contributed by atoms with E-state index in [2.05, 4.69) is 196 Å². The van der Waals surface area contributed by atoms with Gasteiger partial charge in [-0.2, -0.15) is 0 Å². The van der Waals surface area contributed by atoms with Crippen molar-refractivity contribution in [2.75, 3.05) is 0 Å². The van der Waals surface area contributed by atoms with E-state index in [4.69, 9.17) is 9.97 Å². The number of fused-ring (bicyclic) bond motifs is 6. The van der Waals surface area contributed by atoms with Crippen molar-refractivity contribution in [1.82, 2.24) is 9.97 Å². The number of hydrogen-bond acceptors (Lipinski definition) is 2. The molecule has 0 saturated heterocycles. The third kappa shape index (κ3) is 5.18. The second-order valence-corrected chi connectivity index (χ2v) is 14.6. The molecule has 1 aliphatic rings. The second-order valence-electron chi connectivity index (χ2n) is 14.6. The summed E-state index contributed by atoms with van der Waals surface area (Å²) >= 11 is 0. The largest absolute Gasteiger partial charge is 0.228 e. The van der Waals surface area contributed by atoms with Crippen molar-refractivity contribution in [3.05, 3.63) is 193 Å². The Balaban J connectivity index is 1.12. The molecule has 0 radical (unpaired) electrons. The molecule has 0 saturated carbocycles. The Morgan fingerprint density at radius 2 is 0.811 bits per heavy atom. The van der Waals surface area contributed by atoms with E-state index in [1.807, 2.05) is 0 Å². The Bertz CT molecular complexity index is 2840. The monoisotopic (exact) mass is 676 g/mol. The van der Waals surface area contributed by atoms with Crippen LogP contribution in [0.4, 0.5) is 0 Å². The lowest BCUT2D eigenvalue weighted by Crippen LogP contribution is -2.18. The van der Waals surface area contributed by atoms with Crippen molar-refractivity contribution < 1.29 is 0 Å². The van der Waals surface area contributed by atoms with Crippen LogP contribution in [0.2, 0.25) is 0 Å². The molecule has 0 N–H and O–H groups in total. The Labute approximate surface area is 310 Å². The zero-order chi connectivity index (χ0) is 35.5. The second kappa shape index (κ2) is 12.3. The van der Waals surface area contributed by atoms with Crippen molar-refractivity contribution in [2.24, 2.45) is 0 Å². The molecular weight excluding hydrogens is 641 g/mol. The van der Waals surface area contributed by atoms with E-state index in [1.54, 1.807) is 0 Å². The molecule has 9 aromatic rings. The topological polar surface area (TPSA) is 25.8 Å². The van der Waals surface area contributed by atoms with Crippen LogP contribution in [0, 0.1) is 0 Å². The first-order valence-electron chi connectivity index (χ1n) is 18.3. The molecule has 0 spiro atoms. The molecule has 53 heavy (non-hydrogen) atoms. The predicted octanol–water partition coefficient (Wildman–Crippen LogP) is 13.4. The van der Waals surface area contributed by atoms with Crippen molar-refractivity contribution >= 4 is 21.5 Å². The van der Waals surface area contributed by atoms with Gasteiger partial charge in [0, 0.05) is 27.7 Å². The molecule has 8 aromatic carbocycles. The molecule has 1 heterocycles. The third-order valence-corrected chi connectivity index (χ3v) is 11.0. The molecule has 2 nitrogen and oxygen atoms in total. The maximum atomic E-state index is 5.52. The van der Waals surface area contributed by atoms with Gasteiger partial charge in [0.1, 0.15) is 0 Å². The van der Waals surface area contributed by atoms with Crippen LogP contribution in [-0.4, -0.2) is 9.97 Å². The van der Waals surface area contributed by atoms with Gasteiger partial charge >= 0.3 is 0 Å². The van der Waals surface area contributed by atoms with E-state index < -0.39 is 0 Å². The van der Waals surface area contributed by atoms with Crippen LogP contribution >= 0.6 is 0 Å². The lowest BCUT2D eigenvalue weighted by Gasteiger charge is -2.25. The first kappa shape index (κ1) is 31.1. The molecule has 2 heteroatoms. The van der Waals surface area contributed by atoms with Gasteiger partial charge in [0.05, 0.1) is 11.4 Å². The van der Waals surface area contributed by atoms with E-state index >= 15 is 0 Å². The Hall–Kier alpha value is -6.64. The molecule has 10 rings (SSSR count). The van der Waals surface area contributed by atoms with Crippen LogP contribution in [0.1, 0.15) is 25.0 Å². The van der Waals surface area contributed by atoms with Gasteiger partial charge in [0.2, 0.25) is 0 Å². The van der Waals surface area contributed by atoms with E-state index in [-0.39, 0.29) is 5.41 Å². The van der Waals surface area contributed by atoms with Crippen LogP contribution < -0.4 is 0 Å². The van der Waals surface area contributed by atoms with E-state index in [9.17, 15) is 0 Å². The standard InChI is InChI=1S/C51H36N2/c1-51(2)46-43-23-9-7-16-37(43)29-30-45(46)49-47(51)48(44-24-12-17-36-15-6-8-22-42(36)44)52-50(53-49)41-21-11-20-40(32-41)39-19-10-18-38(31-39)35-27-25-34(26-28-35)33-13-4-3-5-14-33/h3-32H,1-2H3. The van der Waals surface area contributed by atoms with Gasteiger partial charge < -0.3 is 0 Å². The third-order valence-electron chi connectivity index (χ3n) is 11.0. The van der Waals surface area contributed by atoms with E-state index in [0.29, 0.717) is 0 Å². The van der Waals surface area contributed by atoms with Crippen LogP contribution in [0.3, 0.4) is 0 Å². The summed E-state index contributed by atoms with van der Waals surface area (Å²) < 4.78 is 0. The van der Waals surface area contributed by atoms with Crippen molar-refractivity contribution in [3.63, 3.8) is 0 Å². The Morgan fingerprint density at radius 3 is 1.53 bits per heavy atom. The molecule has 0 fully saturated rings. The number of hydrogen-bond donors (Lipinski definition) is 0. The zero-order valence-corrected chi connectivity index (χ0v) is 29.7. The average molecular weight is 677 g/mol. The van der Waals surface area contributed by atoms with E-state index in [0.717, 1.165) is 39.5 Å². The molecule has 0 atom stereocenters. The molecule has 1 aliphatic carbocycles. The van der Waals surface area contributed by atoms with Crippen LogP contribution in [0.5, 0.6) is 0 Å². The Morgan fingerprint density at radius 1 is 0.340 bits per heavy atom. The van der Waals surface area contributed by atoms with Crippen molar-refractivity contribution in [2.45, 2.75) is 19.3 Å². The minimum absolute atomic E-state index is 0.308. The highest BCUT2D eigenvalue weighted by molar-refractivity contribution is 6.02. The Kier molecular flexibility index (Phi) is 7.19. The summed E-state index contributed by atoms with van der Waals surface area (Å²) in [7, 11) is 0. The summed E-state index contributed by atoms with van der Waals surface area (Å²) in [5, 5.41) is 4.92. The fourth-order valence-electron chi connectivity index (χ4n) is 8.47. The normalized spacial score (nSPS) is 12.9. The fraction of sp³-hybridized carbons (Fsp3) is 0.0588.